The number of thioether (sulfide) groups is 1. The number of nitrogens with one attached hydrogen (secondary N) is 1. The number of hydrazone groups is 1. The lowest BCUT2D eigenvalue weighted by Crippen LogP contribution is -2.35. The molecule has 2 aliphatic rings. The van der Waals surface area contributed by atoms with Gasteiger partial charge in [0.1, 0.15) is 11.5 Å². The number of fused-ring (bicyclic) bond motifs is 1. The molecular weight excluding hydrogens is 436 g/mol. The first-order valence-electron chi connectivity index (χ1n) is 8.20. The van der Waals surface area contributed by atoms with E-state index >= 15 is 0 Å². The first-order chi connectivity index (χ1) is 13.6. The number of benzene rings is 1. The maximum Gasteiger partial charge on any atom is 0.283 e. The molecular formula is C18H13ClN4O4S2. The average molecular weight is 449 g/mol. The lowest BCUT2D eigenvalue weighted by molar-refractivity contribution is -0.114. The summed E-state index contributed by atoms with van der Waals surface area (Å²) in [7, 11) is -3.58. The summed E-state index contributed by atoms with van der Waals surface area (Å²) in [5.74, 6) is -0.0630. The minimum Gasteiger partial charge on any atom is -0.457 e. The molecule has 0 fully saturated rings. The van der Waals surface area contributed by atoms with E-state index in [0.29, 0.717) is 16.5 Å². The van der Waals surface area contributed by atoms with Gasteiger partial charge in [0.2, 0.25) is 19.4 Å². The largest absolute Gasteiger partial charge is 0.457 e. The minimum absolute atomic E-state index is 0.0343. The van der Waals surface area contributed by atoms with Crippen LogP contribution in [0.4, 0.5) is 0 Å². The smallest absolute Gasteiger partial charge is 0.283 e. The number of carbonyl (C=O) groups excluding carboxylic acids is 1. The third kappa shape index (κ3) is 3.66. The first-order valence-corrected chi connectivity index (χ1v) is 11.3. The molecule has 0 radical (unpaired) electrons. The summed E-state index contributed by atoms with van der Waals surface area (Å²) in [4.78, 5) is 16.2. The van der Waals surface area contributed by atoms with E-state index in [-0.39, 0.29) is 21.0 Å². The molecule has 0 spiro atoms. The number of rotatable bonds is 2. The summed E-state index contributed by atoms with van der Waals surface area (Å²) in [5, 5.41) is 13.8. The lowest BCUT2D eigenvalue weighted by atomic mass is 10.1. The Morgan fingerprint density at radius 2 is 2.03 bits per heavy atom. The number of hydrogen-bond acceptors (Lipinski definition) is 7. The predicted octanol–water partition coefficient (Wildman–Crippen LogP) is 3.53. The van der Waals surface area contributed by atoms with Crippen molar-refractivity contribution in [2.75, 3.05) is 6.26 Å². The second-order valence-corrected chi connectivity index (χ2v) is 9.88. The molecule has 0 saturated heterocycles. The highest BCUT2D eigenvalue weighted by molar-refractivity contribution is 8.42. The standard InChI is InChI=1S/C18H13ClN4O4S2/c1-9-3-4-10(7-13(9)19)14-6-5-11(27-14)8-12-15(20)23-17(21-16(12)24)28-18(22-23)29(2,25)26/h3-8,20H,1-2H3/b12-8+,20-15?. The van der Waals surface area contributed by atoms with Gasteiger partial charge in [0.15, 0.2) is 5.84 Å². The van der Waals surface area contributed by atoms with Crippen molar-refractivity contribution in [2.45, 2.75) is 6.92 Å². The van der Waals surface area contributed by atoms with Crippen molar-refractivity contribution in [1.82, 2.24) is 5.01 Å². The van der Waals surface area contributed by atoms with Gasteiger partial charge in [-0.15, -0.1) is 5.10 Å². The van der Waals surface area contributed by atoms with Gasteiger partial charge in [-0.05, 0) is 48.5 Å². The molecule has 3 heterocycles. The van der Waals surface area contributed by atoms with Crippen LogP contribution in [-0.4, -0.2) is 41.0 Å². The number of halogens is 1. The normalized spacial score (nSPS) is 18.2. The fourth-order valence-corrected chi connectivity index (χ4v) is 4.46. The third-order valence-electron chi connectivity index (χ3n) is 4.12. The van der Waals surface area contributed by atoms with Crippen LogP contribution in [0.25, 0.3) is 17.4 Å². The molecule has 4 rings (SSSR count). The highest BCUT2D eigenvalue weighted by atomic mass is 35.5. The van der Waals surface area contributed by atoms with E-state index in [4.69, 9.17) is 21.4 Å². The Bertz CT molecular complexity index is 1270. The van der Waals surface area contributed by atoms with E-state index in [9.17, 15) is 13.2 Å². The molecule has 148 valence electrons. The van der Waals surface area contributed by atoms with Gasteiger partial charge in [-0.3, -0.25) is 10.2 Å². The van der Waals surface area contributed by atoms with Crippen molar-refractivity contribution in [3.8, 4) is 11.3 Å². The Balaban J connectivity index is 1.67. The Hall–Kier alpha value is -2.69. The molecule has 11 heteroatoms. The van der Waals surface area contributed by atoms with Crippen molar-refractivity contribution in [2.24, 2.45) is 10.1 Å². The fraction of sp³-hybridized carbons (Fsp3) is 0.111. The Morgan fingerprint density at radius 1 is 1.28 bits per heavy atom. The van der Waals surface area contributed by atoms with Crippen LogP contribution in [0.15, 0.2) is 50.4 Å². The molecule has 0 bridgehead atoms. The van der Waals surface area contributed by atoms with Gasteiger partial charge in [-0.1, -0.05) is 23.7 Å². The molecule has 0 saturated carbocycles. The van der Waals surface area contributed by atoms with Gasteiger partial charge in [0, 0.05) is 16.8 Å². The Morgan fingerprint density at radius 3 is 2.72 bits per heavy atom. The van der Waals surface area contributed by atoms with Crippen molar-refractivity contribution in [1.29, 1.82) is 5.41 Å². The Kier molecular flexibility index (Phi) is 4.72. The van der Waals surface area contributed by atoms with Gasteiger partial charge < -0.3 is 4.42 Å². The number of nitrogens with zero attached hydrogens (tertiary/aromatic N) is 3. The number of amides is 1. The number of sulfone groups is 1. The molecule has 8 nitrogen and oxygen atoms in total. The number of aryl methyl sites for hydroxylation is 1. The summed E-state index contributed by atoms with van der Waals surface area (Å²) < 4.78 is 28.9. The molecule has 1 aromatic carbocycles. The monoisotopic (exact) mass is 448 g/mol. The van der Waals surface area contributed by atoms with E-state index in [1.165, 1.54) is 6.08 Å². The van der Waals surface area contributed by atoms with E-state index in [0.717, 1.165) is 34.2 Å². The van der Waals surface area contributed by atoms with Crippen LogP contribution in [0.3, 0.4) is 0 Å². The van der Waals surface area contributed by atoms with Gasteiger partial charge in [0.25, 0.3) is 5.91 Å². The van der Waals surface area contributed by atoms with E-state index in [1.807, 2.05) is 19.1 Å². The highest BCUT2D eigenvalue weighted by Gasteiger charge is 2.38. The molecule has 2 aromatic rings. The van der Waals surface area contributed by atoms with Crippen LogP contribution < -0.4 is 0 Å². The van der Waals surface area contributed by atoms with Crippen molar-refractivity contribution in [3.05, 3.63) is 52.3 Å². The van der Waals surface area contributed by atoms with Gasteiger partial charge in [-0.25, -0.2) is 8.42 Å². The van der Waals surface area contributed by atoms with Gasteiger partial charge >= 0.3 is 0 Å². The number of aliphatic imine (C=N–C) groups is 1. The second kappa shape index (κ2) is 6.97. The van der Waals surface area contributed by atoms with Crippen molar-refractivity contribution in [3.63, 3.8) is 0 Å². The average Bonchev–Trinajstić information content (AvgIpc) is 3.28. The van der Waals surface area contributed by atoms with Gasteiger partial charge in [-0.2, -0.15) is 10.0 Å². The SMILES string of the molecule is Cc1ccc(-c2ccc(/C=C3\C(=N)N4N=C(S(C)(=O)=O)SC4=NC3=O)o2)cc1Cl. The van der Waals surface area contributed by atoms with Crippen LogP contribution in [0, 0.1) is 12.3 Å². The molecule has 1 N–H and O–H groups in total. The summed E-state index contributed by atoms with van der Waals surface area (Å²) in [5.41, 5.74) is 1.65. The highest BCUT2D eigenvalue weighted by Crippen LogP contribution is 2.31. The maximum absolute atomic E-state index is 12.4. The van der Waals surface area contributed by atoms with Crippen LogP contribution in [-0.2, 0) is 14.6 Å². The number of furan rings is 1. The zero-order valence-electron chi connectivity index (χ0n) is 15.1. The molecule has 0 unspecified atom stereocenters. The Labute approximate surface area is 175 Å². The predicted molar refractivity (Wildman–Crippen MR) is 114 cm³/mol. The molecule has 2 aliphatic heterocycles. The number of carbonyl (C=O) groups is 1. The summed E-state index contributed by atoms with van der Waals surface area (Å²) in [6, 6.07) is 8.89. The maximum atomic E-state index is 12.4. The fourth-order valence-electron chi connectivity index (χ4n) is 2.60. The van der Waals surface area contributed by atoms with Crippen molar-refractivity contribution >= 4 is 60.6 Å². The van der Waals surface area contributed by atoms with E-state index in [1.54, 1.807) is 18.2 Å². The summed E-state index contributed by atoms with van der Waals surface area (Å²) in [6.45, 7) is 1.90. The second-order valence-electron chi connectivity index (χ2n) is 6.32. The number of amidine groups is 2. The van der Waals surface area contributed by atoms with Gasteiger partial charge in [0.05, 0.1) is 5.57 Å². The number of hydrogen-bond donors (Lipinski definition) is 1. The van der Waals surface area contributed by atoms with Crippen LogP contribution in [0.2, 0.25) is 5.02 Å². The minimum atomic E-state index is -3.58. The molecule has 1 aromatic heterocycles. The zero-order chi connectivity index (χ0) is 20.9. The third-order valence-corrected chi connectivity index (χ3v) is 7.11. The molecule has 1 amide bonds. The van der Waals surface area contributed by atoms with Crippen molar-refractivity contribution < 1.29 is 17.6 Å². The quantitative estimate of drug-likeness (QED) is 0.702. The summed E-state index contributed by atoms with van der Waals surface area (Å²) in [6.07, 6.45) is 2.38. The summed E-state index contributed by atoms with van der Waals surface area (Å²) >= 11 is 6.89. The first kappa shape index (κ1) is 19.6. The molecule has 0 aliphatic carbocycles. The van der Waals surface area contributed by atoms with Crippen LogP contribution in [0.1, 0.15) is 11.3 Å². The van der Waals surface area contributed by atoms with E-state index in [2.05, 4.69) is 10.1 Å². The van der Waals surface area contributed by atoms with Crippen LogP contribution >= 0.6 is 23.4 Å². The zero-order valence-corrected chi connectivity index (χ0v) is 17.5. The topological polar surface area (TPSA) is 116 Å². The van der Waals surface area contributed by atoms with Crippen LogP contribution in [0.5, 0.6) is 0 Å². The molecule has 29 heavy (non-hydrogen) atoms. The molecule has 0 atom stereocenters. The lowest BCUT2D eigenvalue weighted by Gasteiger charge is -2.19. The van der Waals surface area contributed by atoms with E-state index < -0.39 is 15.7 Å².